The molecule has 0 spiro atoms. The molecule has 1 atom stereocenters. The van der Waals surface area contributed by atoms with Crippen molar-refractivity contribution < 1.29 is 9.84 Å². The van der Waals surface area contributed by atoms with Gasteiger partial charge in [0.1, 0.15) is 5.75 Å². The van der Waals surface area contributed by atoms with Crippen LogP contribution in [0.15, 0.2) is 22.7 Å². The van der Waals surface area contributed by atoms with Gasteiger partial charge in [-0.05, 0) is 41.1 Å². The summed E-state index contributed by atoms with van der Waals surface area (Å²) in [5.74, 6) is 0.746. The van der Waals surface area contributed by atoms with E-state index in [4.69, 9.17) is 21.4 Å². The van der Waals surface area contributed by atoms with Crippen LogP contribution in [0.4, 0.5) is 0 Å². The van der Waals surface area contributed by atoms with Gasteiger partial charge >= 0.3 is 0 Å². The van der Waals surface area contributed by atoms with Crippen LogP contribution in [0.25, 0.3) is 0 Å². The Hall–Kier alpha value is -0.250. The third-order valence-electron chi connectivity index (χ3n) is 1.76. The average Bonchev–Trinajstić information content (AvgIpc) is 2.10. The summed E-state index contributed by atoms with van der Waals surface area (Å²) in [5.41, 5.74) is 0. The molecule has 0 saturated carbocycles. The summed E-state index contributed by atoms with van der Waals surface area (Å²) in [6.07, 6.45) is 0.618. The van der Waals surface area contributed by atoms with Gasteiger partial charge in [-0.1, -0.05) is 11.6 Å². The maximum Gasteiger partial charge on any atom is 0.133 e. The van der Waals surface area contributed by atoms with Crippen molar-refractivity contribution >= 4 is 27.5 Å². The van der Waals surface area contributed by atoms with Gasteiger partial charge in [-0.15, -0.1) is 0 Å². The molecule has 0 saturated heterocycles. The van der Waals surface area contributed by atoms with Gasteiger partial charge in [-0.3, -0.25) is 0 Å². The summed E-state index contributed by atoms with van der Waals surface area (Å²) in [4.78, 5) is 0. The Morgan fingerprint density at radius 2 is 2.29 bits per heavy atom. The molecule has 0 radical (unpaired) electrons. The summed E-state index contributed by atoms with van der Waals surface area (Å²) in [7, 11) is 0. The predicted octanol–water partition coefficient (Wildman–Crippen LogP) is 3.25. The van der Waals surface area contributed by atoms with Crippen LogP contribution in [-0.2, 0) is 0 Å². The van der Waals surface area contributed by atoms with Gasteiger partial charge < -0.3 is 9.84 Å². The highest BCUT2D eigenvalue weighted by molar-refractivity contribution is 9.10. The third-order valence-corrected chi connectivity index (χ3v) is 2.61. The van der Waals surface area contributed by atoms with E-state index in [0.29, 0.717) is 11.4 Å². The van der Waals surface area contributed by atoms with Crippen LogP contribution < -0.4 is 4.74 Å². The van der Waals surface area contributed by atoms with Crippen molar-refractivity contribution in [3.63, 3.8) is 0 Å². The molecule has 0 aliphatic heterocycles. The van der Waals surface area contributed by atoms with Crippen molar-refractivity contribution in [2.75, 3.05) is 6.61 Å². The molecule has 1 unspecified atom stereocenters. The third kappa shape index (κ3) is 3.48. The molecular weight excluding hydrogens is 267 g/mol. The fraction of sp³-hybridized carbons (Fsp3) is 0.400. The van der Waals surface area contributed by atoms with E-state index in [-0.39, 0.29) is 12.7 Å². The Labute approximate surface area is 97.0 Å². The molecule has 78 valence electrons. The fourth-order valence-electron chi connectivity index (χ4n) is 1.03. The van der Waals surface area contributed by atoms with Crippen LogP contribution in [-0.4, -0.2) is 17.8 Å². The Balaban J connectivity index is 2.67. The van der Waals surface area contributed by atoms with Crippen molar-refractivity contribution in [1.82, 2.24) is 0 Å². The van der Waals surface area contributed by atoms with E-state index >= 15 is 0 Å². The monoisotopic (exact) mass is 278 g/mol. The number of halogens is 2. The summed E-state index contributed by atoms with van der Waals surface area (Å²) < 4.78 is 6.40. The predicted molar refractivity (Wildman–Crippen MR) is 60.9 cm³/mol. The second kappa shape index (κ2) is 5.59. The molecule has 2 nitrogen and oxygen atoms in total. The van der Waals surface area contributed by atoms with Gasteiger partial charge in [0.25, 0.3) is 0 Å². The van der Waals surface area contributed by atoms with E-state index < -0.39 is 0 Å². The molecule has 4 heteroatoms. The first kappa shape index (κ1) is 11.8. The summed E-state index contributed by atoms with van der Waals surface area (Å²) in [6, 6.07) is 5.36. The molecule has 0 bridgehead atoms. The van der Waals surface area contributed by atoms with Gasteiger partial charge in [-0.25, -0.2) is 0 Å². The van der Waals surface area contributed by atoms with Crippen LogP contribution in [0.3, 0.4) is 0 Å². The molecule has 0 aromatic heterocycles. The normalized spacial score (nSPS) is 12.6. The first-order valence-electron chi connectivity index (χ1n) is 4.36. The maximum atomic E-state index is 8.72. The van der Waals surface area contributed by atoms with E-state index in [1.54, 1.807) is 18.2 Å². The number of aliphatic hydroxyl groups excluding tert-OH is 1. The highest BCUT2D eigenvalue weighted by Crippen LogP contribution is 2.28. The fourth-order valence-corrected chi connectivity index (χ4v) is 1.80. The number of benzene rings is 1. The lowest BCUT2D eigenvalue weighted by Gasteiger charge is -2.14. The average molecular weight is 280 g/mol. The first-order chi connectivity index (χ1) is 6.63. The van der Waals surface area contributed by atoms with E-state index in [2.05, 4.69) is 15.9 Å². The quantitative estimate of drug-likeness (QED) is 0.917. The molecule has 1 aromatic carbocycles. The topological polar surface area (TPSA) is 29.5 Å². The molecule has 14 heavy (non-hydrogen) atoms. The Morgan fingerprint density at radius 3 is 2.86 bits per heavy atom. The SMILES string of the molecule is CC(CCO)Oc1ccc(Cl)cc1Br. The zero-order valence-electron chi connectivity index (χ0n) is 7.84. The van der Waals surface area contributed by atoms with Crippen molar-refractivity contribution in [2.45, 2.75) is 19.4 Å². The van der Waals surface area contributed by atoms with Crippen molar-refractivity contribution in [3.05, 3.63) is 27.7 Å². The number of aliphatic hydroxyl groups is 1. The first-order valence-corrected chi connectivity index (χ1v) is 5.53. The van der Waals surface area contributed by atoms with Crippen molar-refractivity contribution in [1.29, 1.82) is 0 Å². The minimum absolute atomic E-state index is 0.00234. The van der Waals surface area contributed by atoms with E-state index in [0.717, 1.165) is 10.2 Å². The van der Waals surface area contributed by atoms with Gasteiger partial charge in [0.2, 0.25) is 0 Å². The molecule has 0 amide bonds. The summed E-state index contributed by atoms with van der Waals surface area (Å²) >= 11 is 9.14. The van der Waals surface area contributed by atoms with Crippen LogP contribution in [0.1, 0.15) is 13.3 Å². The summed E-state index contributed by atoms with van der Waals surface area (Å²) in [6.45, 7) is 2.05. The lowest BCUT2D eigenvalue weighted by atomic mass is 10.3. The molecule has 0 aliphatic rings. The van der Waals surface area contributed by atoms with Gasteiger partial charge in [-0.2, -0.15) is 0 Å². The maximum absolute atomic E-state index is 8.72. The molecular formula is C10H12BrClO2. The smallest absolute Gasteiger partial charge is 0.133 e. The van der Waals surface area contributed by atoms with E-state index in [1.807, 2.05) is 6.92 Å². The van der Waals surface area contributed by atoms with Crippen LogP contribution in [0, 0.1) is 0 Å². The number of ether oxygens (including phenoxy) is 1. The molecule has 0 fully saturated rings. The minimum Gasteiger partial charge on any atom is -0.489 e. The Kier molecular flexibility index (Phi) is 4.72. The van der Waals surface area contributed by atoms with E-state index in [1.165, 1.54) is 0 Å². The van der Waals surface area contributed by atoms with Crippen molar-refractivity contribution in [2.24, 2.45) is 0 Å². The van der Waals surface area contributed by atoms with E-state index in [9.17, 15) is 0 Å². The Bertz CT molecular complexity index is 304. The molecule has 1 rings (SSSR count). The largest absolute Gasteiger partial charge is 0.489 e. The van der Waals surface area contributed by atoms with Crippen molar-refractivity contribution in [3.8, 4) is 5.75 Å². The number of hydrogen-bond acceptors (Lipinski definition) is 2. The molecule has 1 aromatic rings. The molecule has 0 heterocycles. The van der Waals surface area contributed by atoms with Gasteiger partial charge in [0, 0.05) is 18.1 Å². The minimum atomic E-state index is -0.00234. The highest BCUT2D eigenvalue weighted by Gasteiger charge is 2.06. The molecule has 0 aliphatic carbocycles. The van der Waals surface area contributed by atoms with Crippen LogP contribution >= 0.6 is 27.5 Å². The second-order valence-electron chi connectivity index (χ2n) is 3.02. The number of rotatable bonds is 4. The van der Waals surface area contributed by atoms with Crippen LogP contribution in [0.2, 0.25) is 5.02 Å². The number of hydrogen-bond donors (Lipinski definition) is 1. The van der Waals surface area contributed by atoms with Gasteiger partial charge in [0.05, 0.1) is 10.6 Å². The molecule has 1 N–H and O–H groups in total. The highest BCUT2D eigenvalue weighted by atomic mass is 79.9. The van der Waals surface area contributed by atoms with Gasteiger partial charge in [0.15, 0.2) is 0 Å². The van der Waals surface area contributed by atoms with Crippen LogP contribution in [0.5, 0.6) is 5.75 Å². The summed E-state index contributed by atoms with van der Waals surface area (Å²) in [5, 5.41) is 9.38. The Morgan fingerprint density at radius 1 is 1.57 bits per heavy atom. The zero-order chi connectivity index (χ0) is 10.6. The standard InChI is InChI=1S/C10H12BrClO2/c1-7(4-5-13)14-10-3-2-8(12)6-9(10)11/h2-3,6-7,13H,4-5H2,1H3. The lowest BCUT2D eigenvalue weighted by Crippen LogP contribution is -2.13. The lowest BCUT2D eigenvalue weighted by molar-refractivity contribution is 0.168. The second-order valence-corrected chi connectivity index (χ2v) is 4.31. The zero-order valence-corrected chi connectivity index (χ0v) is 10.2.